The van der Waals surface area contributed by atoms with Crippen molar-refractivity contribution in [2.75, 3.05) is 18.0 Å². The summed E-state index contributed by atoms with van der Waals surface area (Å²) in [6.45, 7) is 2.01. The number of aromatic nitrogens is 1. The number of pyridine rings is 1. The maximum Gasteiger partial charge on any atom is 0.102 e. The zero-order valence-electron chi connectivity index (χ0n) is 18.7. The third-order valence-electron chi connectivity index (χ3n) is 7.12. The number of anilines is 1. The number of rotatable bonds is 2. The number of piperidine rings is 1. The lowest BCUT2D eigenvalue weighted by atomic mass is 9.80. The topological polar surface area (TPSA) is 39.9 Å². The van der Waals surface area contributed by atoms with Crippen LogP contribution in [0.1, 0.15) is 36.1 Å². The molecule has 2 heterocycles. The van der Waals surface area contributed by atoms with E-state index >= 15 is 0 Å². The second-order valence-corrected chi connectivity index (χ2v) is 10.9. The third-order valence-corrected chi connectivity index (χ3v) is 8.23. The molecule has 0 spiro atoms. The first-order chi connectivity index (χ1) is 16.6. The van der Waals surface area contributed by atoms with Crippen molar-refractivity contribution in [1.82, 2.24) is 4.98 Å². The number of nitrogens with zero attached hydrogens (tertiary/aromatic N) is 3. The van der Waals surface area contributed by atoms with Gasteiger partial charge in [-0.3, -0.25) is 4.98 Å². The maximum atomic E-state index is 10.5. The Morgan fingerprint density at radius 2 is 1.68 bits per heavy atom. The second-order valence-electron chi connectivity index (χ2n) is 9.13. The number of hydrogen-bond donors (Lipinski definition) is 0. The van der Waals surface area contributed by atoms with Gasteiger partial charge in [-0.05, 0) is 73.1 Å². The molecule has 0 amide bonds. The molecule has 0 radical (unpaired) electrons. The molecular weight excluding hydrogens is 550 g/mol. The Morgan fingerprint density at radius 1 is 0.882 bits per heavy atom. The van der Waals surface area contributed by atoms with Gasteiger partial charge in [0.1, 0.15) is 6.07 Å². The fourth-order valence-electron chi connectivity index (χ4n) is 5.53. The first-order valence-corrected chi connectivity index (χ1v) is 13.4. The van der Waals surface area contributed by atoms with E-state index < -0.39 is 0 Å². The van der Waals surface area contributed by atoms with Gasteiger partial charge in [0.2, 0.25) is 0 Å². The van der Waals surface area contributed by atoms with Crippen molar-refractivity contribution in [3.63, 3.8) is 0 Å². The van der Waals surface area contributed by atoms with Crippen molar-refractivity contribution in [1.29, 1.82) is 5.26 Å². The molecule has 1 saturated heterocycles. The quantitative estimate of drug-likeness (QED) is 0.244. The molecule has 168 valence electrons. The molecule has 1 aliphatic heterocycles. The summed E-state index contributed by atoms with van der Waals surface area (Å²) in [5, 5.41) is 11.6. The second kappa shape index (κ2) is 8.83. The van der Waals surface area contributed by atoms with Crippen LogP contribution in [0, 0.1) is 11.3 Å². The van der Waals surface area contributed by atoms with Crippen LogP contribution < -0.4 is 4.90 Å². The Morgan fingerprint density at radius 3 is 2.44 bits per heavy atom. The minimum absolute atomic E-state index is 0.798. The molecule has 1 aliphatic carbocycles. The van der Waals surface area contributed by atoms with Crippen LogP contribution >= 0.6 is 31.9 Å². The van der Waals surface area contributed by atoms with E-state index in [2.05, 4.69) is 97.4 Å². The van der Waals surface area contributed by atoms with E-state index in [0.717, 1.165) is 73.9 Å². The summed E-state index contributed by atoms with van der Waals surface area (Å²) in [6, 6.07) is 21.9. The standard InChI is InChI=1S/C29H23Br2N3/c30-19-13-25(31)22-15-23-26(33-27(22)14-19)10-9-20-21(18-7-3-1-4-8-18)16-28(24(17-32)29(20)23)34-11-5-2-6-12-34/h1,3-4,7-8,13-16H,2,5-6,9-12H2. The van der Waals surface area contributed by atoms with Gasteiger partial charge in [-0.2, -0.15) is 5.26 Å². The fraction of sp³-hybridized carbons (Fsp3) is 0.241. The Bertz CT molecular complexity index is 1470. The van der Waals surface area contributed by atoms with E-state index in [1.165, 1.54) is 36.0 Å². The molecule has 4 aromatic rings. The van der Waals surface area contributed by atoms with Gasteiger partial charge in [-0.25, -0.2) is 0 Å². The van der Waals surface area contributed by atoms with Crippen molar-refractivity contribution < 1.29 is 0 Å². The highest BCUT2D eigenvalue weighted by Gasteiger charge is 2.29. The maximum absolute atomic E-state index is 10.5. The molecule has 0 saturated carbocycles. The summed E-state index contributed by atoms with van der Waals surface area (Å²) in [5.41, 5.74) is 9.83. The van der Waals surface area contributed by atoms with Gasteiger partial charge in [-0.1, -0.05) is 62.2 Å². The summed E-state index contributed by atoms with van der Waals surface area (Å²) in [6.07, 6.45) is 5.36. The average molecular weight is 573 g/mol. The summed E-state index contributed by atoms with van der Waals surface area (Å²) < 4.78 is 2.01. The van der Waals surface area contributed by atoms with Crippen LogP contribution in [0.25, 0.3) is 33.2 Å². The predicted octanol–water partition coefficient (Wildman–Crippen LogP) is 8.05. The highest BCUT2D eigenvalue weighted by molar-refractivity contribution is 9.11. The van der Waals surface area contributed by atoms with Gasteiger partial charge in [0.15, 0.2) is 0 Å². The van der Waals surface area contributed by atoms with Gasteiger partial charge in [0.25, 0.3) is 0 Å². The molecule has 6 rings (SSSR count). The van der Waals surface area contributed by atoms with Gasteiger partial charge in [-0.15, -0.1) is 0 Å². The first-order valence-electron chi connectivity index (χ1n) is 11.8. The number of aryl methyl sites for hydroxylation is 1. The lowest BCUT2D eigenvalue weighted by Crippen LogP contribution is -2.30. The van der Waals surface area contributed by atoms with E-state index in [0.29, 0.717) is 0 Å². The molecule has 3 nitrogen and oxygen atoms in total. The van der Waals surface area contributed by atoms with E-state index in [-0.39, 0.29) is 0 Å². The van der Waals surface area contributed by atoms with Crippen LogP contribution in [0.4, 0.5) is 5.69 Å². The number of benzene rings is 3. The van der Waals surface area contributed by atoms with Crippen molar-refractivity contribution in [2.24, 2.45) is 0 Å². The number of halogens is 2. The third kappa shape index (κ3) is 3.65. The van der Waals surface area contributed by atoms with E-state index in [4.69, 9.17) is 4.98 Å². The zero-order chi connectivity index (χ0) is 23.2. The number of hydrogen-bond acceptors (Lipinski definition) is 3. The molecule has 5 heteroatoms. The Hall–Kier alpha value is -2.68. The van der Waals surface area contributed by atoms with Gasteiger partial charge in [0, 0.05) is 44.2 Å². The van der Waals surface area contributed by atoms with Crippen LogP contribution in [-0.2, 0) is 12.8 Å². The highest BCUT2D eigenvalue weighted by atomic mass is 79.9. The summed E-state index contributed by atoms with van der Waals surface area (Å²) in [7, 11) is 0. The molecule has 0 unspecified atom stereocenters. The average Bonchev–Trinajstić information content (AvgIpc) is 2.87. The minimum atomic E-state index is 0.798. The van der Waals surface area contributed by atoms with Crippen LogP contribution in [0.3, 0.4) is 0 Å². The van der Waals surface area contributed by atoms with E-state index in [9.17, 15) is 5.26 Å². The number of nitriles is 1. The Labute approximate surface area is 216 Å². The van der Waals surface area contributed by atoms with Crippen molar-refractivity contribution in [2.45, 2.75) is 32.1 Å². The Kier molecular flexibility index (Phi) is 5.67. The molecule has 1 aromatic heterocycles. The molecule has 0 N–H and O–H groups in total. The van der Waals surface area contributed by atoms with Crippen molar-refractivity contribution in [3.8, 4) is 28.3 Å². The SMILES string of the molecule is N#Cc1c(N2CCCCC2)cc(-c2ccccc2)c2c1-c1cc3c(Br)cc(Br)cc3nc1CC2. The fourth-order valence-corrected chi connectivity index (χ4v) is 6.85. The minimum Gasteiger partial charge on any atom is -0.370 e. The molecule has 1 fully saturated rings. The molecule has 0 atom stereocenters. The van der Waals surface area contributed by atoms with E-state index in [1.807, 2.05) is 0 Å². The monoisotopic (exact) mass is 571 g/mol. The molecular formula is C29H23Br2N3. The van der Waals surface area contributed by atoms with Crippen LogP contribution in [0.5, 0.6) is 0 Å². The van der Waals surface area contributed by atoms with E-state index in [1.54, 1.807) is 0 Å². The largest absolute Gasteiger partial charge is 0.370 e. The summed E-state index contributed by atoms with van der Waals surface area (Å²) in [4.78, 5) is 7.49. The predicted molar refractivity (Wildman–Crippen MR) is 146 cm³/mol. The molecule has 34 heavy (non-hydrogen) atoms. The molecule has 2 aliphatic rings. The Balaban J connectivity index is 1.68. The first kappa shape index (κ1) is 21.8. The summed E-state index contributed by atoms with van der Waals surface area (Å²) >= 11 is 7.33. The van der Waals surface area contributed by atoms with Crippen molar-refractivity contribution in [3.05, 3.63) is 80.4 Å². The lowest BCUT2D eigenvalue weighted by Gasteiger charge is -2.33. The van der Waals surface area contributed by atoms with Crippen LogP contribution in [0.15, 0.2) is 63.5 Å². The number of fused-ring (bicyclic) bond motifs is 4. The van der Waals surface area contributed by atoms with Crippen molar-refractivity contribution >= 4 is 48.5 Å². The van der Waals surface area contributed by atoms with Gasteiger partial charge < -0.3 is 4.90 Å². The normalized spacial score (nSPS) is 15.0. The van der Waals surface area contributed by atoms with Gasteiger partial charge >= 0.3 is 0 Å². The highest BCUT2D eigenvalue weighted by Crippen LogP contribution is 2.46. The summed E-state index contributed by atoms with van der Waals surface area (Å²) in [5.74, 6) is 0. The smallest absolute Gasteiger partial charge is 0.102 e. The molecule has 3 aromatic carbocycles. The zero-order valence-corrected chi connectivity index (χ0v) is 21.9. The molecule has 0 bridgehead atoms. The lowest BCUT2D eigenvalue weighted by molar-refractivity contribution is 0.577. The van der Waals surface area contributed by atoms with Gasteiger partial charge in [0.05, 0.1) is 16.8 Å². The van der Waals surface area contributed by atoms with Crippen LogP contribution in [-0.4, -0.2) is 18.1 Å². The van der Waals surface area contributed by atoms with Crippen LogP contribution in [0.2, 0.25) is 0 Å².